The number of esters is 1. The molecule has 4 fully saturated rings. The van der Waals surface area contributed by atoms with Crippen LogP contribution in [0.15, 0.2) is 48.5 Å². The van der Waals surface area contributed by atoms with Crippen molar-refractivity contribution in [2.45, 2.75) is 101 Å². The standard InChI is InChI=1S/C41H50N6O10/c1-24-17-32-41(54)55-22-29(44-36(49)28(18-26-9-4-3-5-10-26)43-35(48)20-27-13-14-33-34(19-27)57-23-56-33)39(52)46-16-8-12-31(46)40(53)45-15-7-6-11-30(45)37(50)42-25(2)38(51)47(32)21-24/h3-5,9-10,13-14,19,24-25,28-32H,6-8,11-12,15-18,20-23H2,1-2H3,(H,42,50)(H,43,48)(H,44,49)/t24-,25+,28+,29+,30+,31+,32+/m1/s1. The molecule has 5 heterocycles. The van der Waals surface area contributed by atoms with Crippen LogP contribution in [0.5, 0.6) is 11.5 Å². The monoisotopic (exact) mass is 786 g/mol. The van der Waals surface area contributed by atoms with Gasteiger partial charge >= 0.3 is 5.97 Å². The zero-order valence-corrected chi connectivity index (χ0v) is 32.3. The summed E-state index contributed by atoms with van der Waals surface area (Å²) >= 11 is 0. The van der Waals surface area contributed by atoms with E-state index in [4.69, 9.17) is 14.2 Å². The lowest BCUT2D eigenvalue weighted by Crippen LogP contribution is -2.62. The Kier molecular flexibility index (Phi) is 12.0. The number of nitrogens with one attached hydrogen (secondary N) is 3. The predicted octanol–water partition coefficient (Wildman–Crippen LogP) is 0.841. The van der Waals surface area contributed by atoms with Crippen LogP contribution < -0.4 is 25.4 Å². The van der Waals surface area contributed by atoms with E-state index in [9.17, 15) is 33.6 Å². The molecule has 7 rings (SSSR count). The third-order valence-corrected chi connectivity index (χ3v) is 11.4. The summed E-state index contributed by atoms with van der Waals surface area (Å²) in [6.45, 7) is 3.75. The van der Waals surface area contributed by atoms with Crippen molar-refractivity contribution < 1.29 is 47.8 Å². The molecule has 0 spiro atoms. The van der Waals surface area contributed by atoms with Gasteiger partial charge < -0.3 is 44.9 Å². The second-order valence-corrected chi connectivity index (χ2v) is 15.7. The molecule has 0 bridgehead atoms. The van der Waals surface area contributed by atoms with E-state index in [1.807, 2.05) is 37.3 Å². The van der Waals surface area contributed by atoms with Gasteiger partial charge in [-0.15, -0.1) is 0 Å². The van der Waals surface area contributed by atoms with Gasteiger partial charge in [0.1, 0.15) is 42.9 Å². The van der Waals surface area contributed by atoms with E-state index in [0.717, 1.165) is 5.56 Å². The number of carbonyl (C=O) groups excluding carboxylic acids is 7. The van der Waals surface area contributed by atoms with Crippen LogP contribution in [0, 0.1) is 5.92 Å². The Morgan fingerprint density at radius 3 is 2.33 bits per heavy atom. The van der Waals surface area contributed by atoms with Crippen LogP contribution in [0.25, 0.3) is 0 Å². The highest BCUT2D eigenvalue weighted by atomic mass is 16.7. The van der Waals surface area contributed by atoms with E-state index in [1.54, 1.807) is 25.1 Å². The first-order chi connectivity index (χ1) is 27.5. The molecule has 0 saturated carbocycles. The fourth-order valence-electron chi connectivity index (χ4n) is 8.53. The number of piperidine rings is 1. The lowest BCUT2D eigenvalue weighted by atomic mass is 9.99. The predicted molar refractivity (Wildman–Crippen MR) is 202 cm³/mol. The molecule has 304 valence electrons. The Labute approximate surface area is 330 Å². The maximum absolute atomic E-state index is 14.5. The average Bonchev–Trinajstić information content (AvgIpc) is 3.98. The molecule has 2 aromatic carbocycles. The molecule has 5 aliphatic heterocycles. The summed E-state index contributed by atoms with van der Waals surface area (Å²) in [4.78, 5) is 102. The van der Waals surface area contributed by atoms with E-state index in [2.05, 4.69) is 16.0 Å². The van der Waals surface area contributed by atoms with Gasteiger partial charge in [-0.2, -0.15) is 0 Å². The molecule has 16 nitrogen and oxygen atoms in total. The topological polar surface area (TPSA) is 193 Å². The minimum Gasteiger partial charge on any atom is -0.461 e. The van der Waals surface area contributed by atoms with E-state index in [1.165, 1.54) is 14.7 Å². The van der Waals surface area contributed by atoms with Crippen molar-refractivity contribution in [3.05, 3.63) is 59.7 Å². The molecule has 5 aliphatic rings. The second-order valence-electron chi connectivity index (χ2n) is 15.7. The number of ether oxygens (including phenoxy) is 3. The smallest absolute Gasteiger partial charge is 0.328 e. The molecular formula is C41H50N6O10. The largest absolute Gasteiger partial charge is 0.461 e. The molecule has 0 aliphatic carbocycles. The summed E-state index contributed by atoms with van der Waals surface area (Å²) in [6, 6.07) is 7.95. The molecule has 2 aromatic rings. The third kappa shape index (κ3) is 8.84. The lowest BCUT2D eigenvalue weighted by Gasteiger charge is -2.39. The van der Waals surface area contributed by atoms with E-state index < -0.39 is 78.4 Å². The molecule has 0 radical (unpaired) electrons. The summed E-state index contributed by atoms with van der Waals surface area (Å²) < 4.78 is 16.6. The van der Waals surface area contributed by atoms with Crippen molar-refractivity contribution in [1.82, 2.24) is 30.7 Å². The van der Waals surface area contributed by atoms with Crippen LogP contribution in [-0.2, 0) is 51.1 Å². The number of carbonyl (C=O) groups is 7. The van der Waals surface area contributed by atoms with Gasteiger partial charge in [0.2, 0.25) is 42.2 Å². The van der Waals surface area contributed by atoms with Crippen LogP contribution in [0.2, 0.25) is 0 Å². The van der Waals surface area contributed by atoms with Gasteiger partial charge in [-0.05, 0) is 74.6 Å². The molecule has 57 heavy (non-hydrogen) atoms. The van der Waals surface area contributed by atoms with E-state index in [0.29, 0.717) is 62.1 Å². The Hall–Kier alpha value is -5.67. The van der Waals surface area contributed by atoms with Gasteiger partial charge in [-0.3, -0.25) is 28.8 Å². The fraction of sp³-hybridized carbons (Fsp3) is 0.537. The van der Waals surface area contributed by atoms with Crippen LogP contribution in [0.4, 0.5) is 0 Å². The number of fused-ring (bicyclic) bond motifs is 4. The number of rotatable bonds is 7. The van der Waals surface area contributed by atoms with E-state index in [-0.39, 0.29) is 44.5 Å². The van der Waals surface area contributed by atoms with Gasteiger partial charge in [0.15, 0.2) is 11.5 Å². The van der Waals surface area contributed by atoms with Gasteiger partial charge in [0.05, 0.1) is 6.42 Å². The van der Waals surface area contributed by atoms with Gasteiger partial charge in [0, 0.05) is 26.1 Å². The van der Waals surface area contributed by atoms with Gasteiger partial charge in [0.25, 0.3) is 0 Å². The van der Waals surface area contributed by atoms with Crippen molar-refractivity contribution in [2.75, 3.05) is 33.0 Å². The van der Waals surface area contributed by atoms with Crippen LogP contribution in [-0.4, -0.2) is 125 Å². The number of benzene rings is 2. The second kappa shape index (κ2) is 17.2. The molecule has 3 N–H and O–H groups in total. The zero-order chi connectivity index (χ0) is 40.2. The summed E-state index contributed by atoms with van der Waals surface area (Å²) in [5, 5.41) is 8.38. The highest BCUT2D eigenvalue weighted by Gasteiger charge is 2.46. The molecule has 7 atom stereocenters. The summed E-state index contributed by atoms with van der Waals surface area (Å²) in [7, 11) is 0. The van der Waals surface area contributed by atoms with Crippen molar-refractivity contribution in [2.24, 2.45) is 5.92 Å². The summed E-state index contributed by atoms with van der Waals surface area (Å²) in [5.74, 6) is -2.83. The van der Waals surface area contributed by atoms with E-state index >= 15 is 0 Å². The van der Waals surface area contributed by atoms with Crippen LogP contribution >= 0.6 is 0 Å². The Balaban J connectivity index is 1.16. The molecule has 16 heteroatoms. The number of hydrogen-bond donors (Lipinski definition) is 3. The Morgan fingerprint density at radius 1 is 0.789 bits per heavy atom. The fourth-order valence-corrected chi connectivity index (χ4v) is 8.53. The maximum atomic E-state index is 14.5. The lowest BCUT2D eigenvalue weighted by molar-refractivity contribution is -0.158. The first-order valence-electron chi connectivity index (χ1n) is 19.9. The quantitative estimate of drug-likeness (QED) is 0.339. The van der Waals surface area contributed by atoms with Crippen molar-refractivity contribution in [1.29, 1.82) is 0 Å². The molecule has 0 aromatic heterocycles. The first kappa shape index (κ1) is 39.6. The third-order valence-electron chi connectivity index (χ3n) is 11.4. The summed E-state index contributed by atoms with van der Waals surface area (Å²) in [6.07, 6.45) is 2.94. The minimum absolute atomic E-state index is 0.0505. The maximum Gasteiger partial charge on any atom is 0.328 e. The SMILES string of the molecule is C[C@@H]1C[C@H]2C(=O)OC[C@H](NC(=O)[C@H](Cc3ccccc3)NC(=O)Cc3ccc4c(c3)OCO4)C(=O)N3CCC[C@H]3C(=O)N3CCCC[C@H]3C(=O)N[C@@H](C)C(=O)N2C1. The number of hydrogen-bond acceptors (Lipinski definition) is 10. The van der Waals surface area contributed by atoms with Crippen molar-refractivity contribution in [3.63, 3.8) is 0 Å². The Bertz CT molecular complexity index is 1890. The first-order valence-corrected chi connectivity index (χ1v) is 19.9. The van der Waals surface area contributed by atoms with Gasteiger partial charge in [-0.1, -0.05) is 43.3 Å². The van der Waals surface area contributed by atoms with Crippen molar-refractivity contribution in [3.8, 4) is 11.5 Å². The van der Waals surface area contributed by atoms with Crippen LogP contribution in [0.1, 0.15) is 63.5 Å². The highest BCUT2D eigenvalue weighted by Crippen LogP contribution is 2.33. The van der Waals surface area contributed by atoms with Crippen LogP contribution in [0.3, 0.4) is 0 Å². The van der Waals surface area contributed by atoms with Crippen molar-refractivity contribution >= 4 is 41.4 Å². The molecule has 4 saturated heterocycles. The normalized spacial score (nSPS) is 27.2. The minimum atomic E-state index is -1.44. The average molecular weight is 787 g/mol. The summed E-state index contributed by atoms with van der Waals surface area (Å²) in [5.41, 5.74) is 1.38. The molecule has 0 unspecified atom stereocenters. The zero-order valence-electron chi connectivity index (χ0n) is 32.3. The number of nitrogens with zero attached hydrogens (tertiary/aromatic N) is 3. The molecule has 6 amide bonds. The van der Waals surface area contributed by atoms with Gasteiger partial charge in [-0.25, -0.2) is 4.79 Å². The Morgan fingerprint density at radius 2 is 1.53 bits per heavy atom. The highest BCUT2D eigenvalue weighted by molar-refractivity contribution is 5.98. The number of cyclic esters (lactones) is 1. The molecular weight excluding hydrogens is 736 g/mol. The number of amides is 6.